The van der Waals surface area contributed by atoms with Gasteiger partial charge >= 0.3 is 5.97 Å². The average molecular weight is 432 g/mol. The quantitative estimate of drug-likeness (QED) is 0.695. The third-order valence-electron chi connectivity index (χ3n) is 4.46. The molecular formula is C16H22ClN5O5S. The summed E-state index contributed by atoms with van der Waals surface area (Å²) in [5.41, 5.74) is 0.835. The van der Waals surface area contributed by atoms with Crippen LogP contribution in [0, 0.1) is 0 Å². The van der Waals surface area contributed by atoms with E-state index in [1.54, 1.807) is 12.1 Å². The van der Waals surface area contributed by atoms with E-state index in [1.165, 1.54) is 24.9 Å². The summed E-state index contributed by atoms with van der Waals surface area (Å²) < 4.78 is 34.6. The van der Waals surface area contributed by atoms with Crippen molar-refractivity contribution in [2.24, 2.45) is 5.14 Å². The molecule has 0 spiro atoms. The summed E-state index contributed by atoms with van der Waals surface area (Å²) in [6.45, 7) is 1.67. The third kappa shape index (κ3) is 4.43. The van der Waals surface area contributed by atoms with E-state index in [4.69, 9.17) is 14.6 Å². The second-order valence-corrected chi connectivity index (χ2v) is 7.59. The molecule has 154 valence electrons. The minimum atomic E-state index is -3.72. The van der Waals surface area contributed by atoms with Crippen molar-refractivity contribution < 1.29 is 22.7 Å². The third-order valence-corrected chi connectivity index (χ3v) is 5.54. The van der Waals surface area contributed by atoms with Crippen LogP contribution < -0.4 is 14.8 Å². The second-order valence-electron chi connectivity index (χ2n) is 6.04. The van der Waals surface area contributed by atoms with E-state index in [-0.39, 0.29) is 24.5 Å². The highest BCUT2D eigenvalue weighted by atomic mass is 35.5. The summed E-state index contributed by atoms with van der Waals surface area (Å²) in [6, 6.07) is 3.29. The van der Waals surface area contributed by atoms with E-state index >= 15 is 0 Å². The van der Waals surface area contributed by atoms with Gasteiger partial charge in [0.25, 0.3) is 10.2 Å². The number of nitrogens with zero attached hydrogens (tertiary/aromatic N) is 4. The number of anilines is 1. The van der Waals surface area contributed by atoms with E-state index in [2.05, 4.69) is 9.97 Å². The predicted octanol–water partition coefficient (Wildman–Crippen LogP) is 0.562. The summed E-state index contributed by atoms with van der Waals surface area (Å²) >= 11 is 0. The van der Waals surface area contributed by atoms with Crippen molar-refractivity contribution >= 4 is 45.3 Å². The molecule has 2 aromatic rings. The Morgan fingerprint density at radius 2 is 1.89 bits per heavy atom. The molecule has 0 unspecified atom stereocenters. The van der Waals surface area contributed by atoms with Crippen LogP contribution >= 0.6 is 12.4 Å². The molecule has 1 saturated heterocycles. The highest BCUT2D eigenvalue weighted by Gasteiger charge is 2.24. The number of benzene rings is 1. The van der Waals surface area contributed by atoms with E-state index in [9.17, 15) is 13.2 Å². The first-order valence-electron chi connectivity index (χ1n) is 8.29. The van der Waals surface area contributed by atoms with Crippen molar-refractivity contribution in [2.45, 2.75) is 6.42 Å². The Bertz CT molecular complexity index is 971. The molecule has 0 saturated carbocycles. The SMILES string of the molecule is COC(=O)c1cc2ncnc(N3CCCN(S(N)(=O)=O)CC3)c2cc1OC.Cl. The molecule has 2 N–H and O–H groups in total. The summed E-state index contributed by atoms with van der Waals surface area (Å²) in [4.78, 5) is 22.6. The van der Waals surface area contributed by atoms with Crippen molar-refractivity contribution in [2.75, 3.05) is 45.3 Å². The van der Waals surface area contributed by atoms with Crippen LogP contribution in [0.15, 0.2) is 18.5 Å². The fourth-order valence-electron chi connectivity index (χ4n) is 3.12. The highest BCUT2D eigenvalue weighted by molar-refractivity contribution is 7.86. The van der Waals surface area contributed by atoms with Crippen molar-refractivity contribution in [3.8, 4) is 5.75 Å². The molecule has 0 bridgehead atoms. The van der Waals surface area contributed by atoms with Gasteiger partial charge in [0.05, 0.1) is 19.7 Å². The number of methoxy groups -OCH3 is 2. The molecule has 3 rings (SSSR count). The van der Waals surface area contributed by atoms with E-state index in [1.807, 2.05) is 4.90 Å². The van der Waals surface area contributed by atoms with Crippen LogP contribution in [-0.4, -0.2) is 69.1 Å². The molecule has 2 heterocycles. The summed E-state index contributed by atoms with van der Waals surface area (Å²) in [7, 11) is -0.961. The maximum absolute atomic E-state index is 12.0. The molecule has 1 aliphatic heterocycles. The lowest BCUT2D eigenvalue weighted by molar-refractivity contribution is 0.0597. The number of esters is 1. The number of fused-ring (bicyclic) bond motifs is 1. The van der Waals surface area contributed by atoms with Gasteiger partial charge in [0.15, 0.2) is 0 Å². The fourth-order valence-corrected chi connectivity index (χ4v) is 3.84. The number of rotatable bonds is 4. The van der Waals surface area contributed by atoms with Gasteiger partial charge in [-0.1, -0.05) is 0 Å². The van der Waals surface area contributed by atoms with E-state index < -0.39 is 16.2 Å². The molecular weight excluding hydrogens is 410 g/mol. The summed E-state index contributed by atoms with van der Waals surface area (Å²) in [5.74, 6) is 0.477. The van der Waals surface area contributed by atoms with Crippen molar-refractivity contribution in [1.82, 2.24) is 14.3 Å². The topological polar surface area (TPSA) is 128 Å². The maximum Gasteiger partial charge on any atom is 0.341 e. The Kier molecular flexibility index (Phi) is 6.99. The van der Waals surface area contributed by atoms with Crippen LogP contribution in [0.25, 0.3) is 10.9 Å². The Balaban J connectivity index is 0.00000280. The van der Waals surface area contributed by atoms with Gasteiger partial charge in [-0.05, 0) is 18.6 Å². The molecule has 1 aromatic heterocycles. The average Bonchev–Trinajstić information content (AvgIpc) is 2.92. The van der Waals surface area contributed by atoms with Crippen LogP contribution in [0.1, 0.15) is 16.8 Å². The molecule has 28 heavy (non-hydrogen) atoms. The number of ether oxygens (including phenoxy) is 2. The zero-order chi connectivity index (χ0) is 19.6. The Labute approximate surface area is 169 Å². The van der Waals surface area contributed by atoms with Crippen LogP contribution in [-0.2, 0) is 14.9 Å². The molecule has 12 heteroatoms. The zero-order valence-electron chi connectivity index (χ0n) is 15.5. The minimum absolute atomic E-state index is 0. The first-order valence-corrected chi connectivity index (χ1v) is 9.79. The lowest BCUT2D eigenvalue weighted by Crippen LogP contribution is -2.39. The number of hydrogen-bond acceptors (Lipinski definition) is 8. The summed E-state index contributed by atoms with van der Waals surface area (Å²) in [5, 5.41) is 5.94. The monoisotopic (exact) mass is 431 g/mol. The van der Waals surface area contributed by atoms with E-state index in [0.29, 0.717) is 48.5 Å². The molecule has 0 radical (unpaired) electrons. The van der Waals surface area contributed by atoms with Crippen LogP contribution in [0.2, 0.25) is 0 Å². The van der Waals surface area contributed by atoms with Crippen molar-refractivity contribution in [3.05, 3.63) is 24.0 Å². The van der Waals surface area contributed by atoms with Gasteiger partial charge in [0, 0.05) is 31.6 Å². The molecule has 10 nitrogen and oxygen atoms in total. The van der Waals surface area contributed by atoms with Gasteiger partial charge in [-0.2, -0.15) is 12.7 Å². The van der Waals surface area contributed by atoms with Crippen LogP contribution in [0.3, 0.4) is 0 Å². The first-order chi connectivity index (χ1) is 12.8. The zero-order valence-corrected chi connectivity index (χ0v) is 17.1. The van der Waals surface area contributed by atoms with E-state index in [0.717, 1.165) is 0 Å². The van der Waals surface area contributed by atoms with Crippen molar-refractivity contribution in [3.63, 3.8) is 0 Å². The molecule has 1 fully saturated rings. The first kappa shape index (κ1) is 22.1. The van der Waals surface area contributed by atoms with Gasteiger partial charge in [-0.15, -0.1) is 12.4 Å². The molecule has 0 atom stereocenters. The molecule has 1 aromatic carbocycles. The highest BCUT2D eigenvalue weighted by Crippen LogP contribution is 2.31. The molecule has 0 aliphatic carbocycles. The number of halogens is 1. The van der Waals surface area contributed by atoms with Gasteiger partial charge in [0.2, 0.25) is 0 Å². The van der Waals surface area contributed by atoms with Gasteiger partial charge in [-0.3, -0.25) is 0 Å². The number of carbonyl (C=O) groups excluding carboxylic acids is 1. The smallest absolute Gasteiger partial charge is 0.341 e. The molecule has 0 amide bonds. The number of carbonyl (C=O) groups is 1. The summed E-state index contributed by atoms with van der Waals surface area (Å²) in [6.07, 6.45) is 2.02. The van der Waals surface area contributed by atoms with Crippen molar-refractivity contribution in [1.29, 1.82) is 0 Å². The predicted molar refractivity (Wildman–Crippen MR) is 106 cm³/mol. The Morgan fingerprint density at radius 3 is 2.54 bits per heavy atom. The van der Waals surface area contributed by atoms with Crippen LogP contribution in [0.4, 0.5) is 5.82 Å². The fraction of sp³-hybridized carbons (Fsp3) is 0.438. The standard InChI is InChI=1S/C16H21N5O5S.ClH/c1-25-14-9-11-13(8-12(14)16(22)26-2)18-10-19-15(11)20-4-3-5-21(7-6-20)27(17,23)24;/h8-10H,3-7H2,1-2H3,(H2,17,23,24);1H. The second kappa shape index (κ2) is 8.86. The lowest BCUT2D eigenvalue weighted by Gasteiger charge is -2.23. The number of aromatic nitrogens is 2. The Morgan fingerprint density at radius 1 is 1.14 bits per heavy atom. The number of nitrogens with two attached hydrogens (primary N) is 1. The normalized spacial score (nSPS) is 15.6. The van der Waals surface area contributed by atoms with Gasteiger partial charge < -0.3 is 14.4 Å². The lowest BCUT2D eigenvalue weighted by atomic mass is 10.1. The van der Waals surface area contributed by atoms with Gasteiger partial charge in [0.1, 0.15) is 23.5 Å². The number of hydrogen-bond donors (Lipinski definition) is 1. The Hall–Kier alpha value is -2.21. The van der Waals surface area contributed by atoms with Crippen LogP contribution in [0.5, 0.6) is 5.75 Å². The molecule has 1 aliphatic rings. The van der Waals surface area contributed by atoms with Gasteiger partial charge in [-0.25, -0.2) is 19.9 Å². The minimum Gasteiger partial charge on any atom is -0.496 e. The largest absolute Gasteiger partial charge is 0.496 e. The maximum atomic E-state index is 12.0.